The van der Waals surface area contributed by atoms with Crippen molar-refractivity contribution >= 4 is 5.91 Å². The van der Waals surface area contributed by atoms with Crippen molar-refractivity contribution in [1.29, 1.82) is 0 Å². The summed E-state index contributed by atoms with van der Waals surface area (Å²) in [7, 11) is 0. The number of nitrogens with one attached hydrogen (secondary N) is 1. The normalized spacial score (nSPS) is 28.1. The van der Waals surface area contributed by atoms with Gasteiger partial charge in [0, 0.05) is 6.54 Å². The van der Waals surface area contributed by atoms with Crippen molar-refractivity contribution in [3.05, 3.63) is 0 Å². The first-order valence-electron chi connectivity index (χ1n) is 6.04. The molecule has 3 nitrogen and oxygen atoms in total. The molecule has 3 heteroatoms. The molecule has 1 aliphatic carbocycles. The van der Waals surface area contributed by atoms with Crippen molar-refractivity contribution in [2.75, 3.05) is 6.54 Å². The minimum absolute atomic E-state index is 0.00422. The first kappa shape index (κ1) is 12.5. The molecule has 1 rings (SSSR count). The molecule has 0 aliphatic heterocycles. The summed E-state index contributed by atoms with van der Waals surface area (Å²) in [5.74, 6) is 1.71. The smallest absolute Gasteiger partial charge is 0.237 e. The van der Waals surface area contributed by atoms with E-state index >= 15 is 0 Å². The van der Waals surface area contributed by atoms with Gasteiger partial charge in [0.15, 0.2) is 0 Å². The fourth-order valence-corrected chi connectivity index (χ4v) is 2.18. The number of hydrogen-bond donors (Lipinski definition) is 2. The molecule has 3 atom stereocenters. The monoisotopic (exact) mass is 212 g/mol. The fourth-order valence-electron chi connectivity index (χ4n) is 2.18. The van der Waals surface area contributed by atoms with E-state index in [0.717, 1.165) is 12.5 Å². The van der Waals surface area contributed by atoms with E-state index in [9.17, 15) is 4.79 Å². The second kappa shape index (κ2) is 5.50. The van der Waals surface area contributed by atoms with E-state index in [1.807, 2.05) is 13.8 Å². The third-order valence-corrected chi connectivity index (χ3v) is 3.39. The highest BCUT2D eigenvalue weighted by molar-refractivity contribution is 5.81. The largest absolute Gasteiger partial charge is 0.354 e. The van der Waals surface area contributed by atoms with E-state index in [-0.39, 0.29) is 17.9 Å². The third kappa shape index (κ3) is 3.82. The van der Waals surface area contributed by atoms with Gasteiger partial charge < -0.3 is 11.1 Å². The number of amides is 1. The van der Waals surface area contributed by atoms with Crippen LogP contribution < -0.4 is 11.1 Å². The van der Waals surface area contributed by atoms with Crippen LogP contribution in [0.2, 0.25) is 0 Å². The Morgan fingerprint density at radius 1 is 1.47 bits per heavy atom. The van der Waals surface area contributed by atoms with Crippen LogP contribution in [0.15, 0.2) is 0 Å². The van der Waals surface area contributed by atoms with Crippen LogP contribution in [0.3, 0.4) is 0 Å². The molecule has 88 valence electrons. The lowest BCUT2D eigenvalue weighted by molar-refractivity contribution is -0.123. The van der Waals surface area contributed by atoms with E-state index in [1.54, 1.807) is 0 Å². The van der Waals surface area contributed by atoms with E-state index in [2.05, 4.69) is 12.2 Å². The van der Waals surface area contributed by atoms with E-state index in [1.165, 1.54) is 19.3 Å². The van der Waals surface area contributed by atoms with Gasteiger partial charge in [-0.05, 0) is 30.6 Å². The Labute approximate surface area is 92.8 Å². The summed E-state index contributed by atoms with van der Waals surface area (Å²) in [4.78, 5) is 11.6. The minimum atomic E-state index is -0.358. The topological polar surface area (TPSA) is 55.1 Å². The lowest BCUT2D eigenvalue weighted by Gasteiger charge is -2.17. The fraction of sp³-hybridized carbons (Fsp3) is 0.917. The van der Waals surface area contributed by atoms with Gasteiger partial charge in [-0.3, -0.25) is 4.79 Å². The Hall–Kier alpha value is -0.570. The second-order valence-electron chi connectivity index (χ2n) is 5.30. The lowest BCUT2D eigenvalue weighted by atomic mass is 10.0. The highest BCUT2D eigenvalue weighted by Crippen LogP contribution is 2.29. The molecule has 0 aromatic carbocycles. The molecule has 1 saturated carbocycles. The van der Waals surface area contributed by atoms with E-state index in [0.29, 0.717) is 5.92 Å². The molecular weight excluding hydrogens is 188 g/mol. The van der Waals surface area contributed by atoms with Crippen molar-refractivity contribution < 1.29 is 4.79 Å². The summed E-state index contributed by atoms with van der Waals surface area (Å²) in [5.41, 5.74) is 5.76. The summed E-state index contributed by atoms with van der Waals surface area (Å²) in [6.07, 6.45) is 3.80. The van der Waals surface area contributed by atoms with Gasteiger partial charge in [-0.15, -0.1) is 0 Å². The van der Waals surface area contributed by atoms with Crippen molar-refractivity contribution in [3.8, 4) is 0 Å². The van der Waals surface area contributed by atoms with Crippen LogP contribution in [0, 0.1) is 17.8 Å². The van der Waals surface area contributed by atoms with E-state index < -0.39 is 0 Å². The van der Waals surface area contributed by atoms with Crippen LogP contribution in [0.1, 0.15) is 40.0 Å². The average Bonchev–Trinajstić information content (AvgIpc) is 2.59. The van der Waals surface area contributed by atoms with Crippen LogP contribution in [0.25, 0.3) is 0 Å². The predicted octanol–water partition coefficient (Wildman–Crippen LogP) is 1.52. The van der Waals surface area contributed by atoms with Gasteiger partial charge in [-0.1, -0.05) is 27.2 Å². The Morgan fingerprint density at radius 2 is 2.13 bits per heavy atom. The quantitative estimate of drug-likeness (QED) is 0.742. The van der Waals surface area contributed by atoms with Crippen LogP contribution in [-0.2, 0) is 4.79 Å². The maximum absolute atomic E-state index is 11.6. The molecular formula is C12H24N2O. The molecule has 1 aliphatic rings. The number of carbonyl (C=O) groups excluding carboxylic acids is 1. The first-order valence-corrected chi connectivity index (χ1v) is 6.04. The van der Waals surface area contributed by atoms with Gasteiger partial charge in [0.25, 0.3) is 0 Å². The summed E-state index contributed by atoms with van der Waals surface area (Å²) in [5, 5.41) is 2.96. The van der Waals surface area contributed by atoms with Gasteiger partial charge in [-0.2, -0.15) is 0 Å². The molecule has 1 fully saturated rings. The second-order valence-corrected chi connectivity index (χ2v) is 5.30. The molecule has 2 unspecified atom stereocenters. The molecule has 0 spiro atoms. The van der Waals surface area contributed by atoms with Gasteiger partial charge >= 0.3 is 0 Å². The SMILES string of the molecule is CC1CCC(CNC(=O)[C@H](N)C(C)C)C1. The Bertz CT molecular complexity index is 216. The number of carbonyl (C=O) groups is 1. The van der Waals surface area contributed by atoms with Crippen LogP contribution in [0.5, 0.6) is 0 Å². The maximum atomic E-state index is 11.6. The van der Waals surface area contributed by atoms with Gasteiger partial charge in [0.05, 0.1) is 6.04 Å². The molecule has 15 heavy (non-hydrogen) atoms. The summed E-state index contributed by atoms with van der Waals surface area (Å²) in [6, 6.07) is -0.358. The average molecular weight is 212 g/mol. The molecule has 0 saturated heterocycles. The van der Waals surface area contributed by atoms with Crippen molar-refractivity contribution in [1.82, 2.24) is 5.32 Å². The molecule has 0 aromatic rings. The number of nitrogens with two attached hydrogens (primary N) is 1. The first-order chi connectivity index (χ1) is 7.00. The highest BCUT2D eigenvalue weighted by atomic mass is 16.2. The third-order valence-electron chi connectivity index (χ3n) is 3.39. The van der Waals surface area contributed by atoms with Crippen molar-refractivity contribution in [3.63, 3.8) is 0 Å². The Balaban J connectivity index is 2.22. The Kier molecular flexibility index (Phi) is 4.58. The minimum Gasteiger partial charge on any atom is -0.354 e. The molecule has 0 aromatic heterocycles. The number of hydrogen-bond acceptors (Lipinski definition) is 2. The molecule has 1 amide bonds. The molecule has 0 heterocycles. The number of rotatable bonds is 4. The Morgan fingerprint density at radius 3 is 2.60 bits per heavy atom. The summed E-state index contributed by atoms with van der Waals surface area (Å²) >= 11 is 0. The lowest BCUT2D eigenvalue weighted by Crippen LogP contribution is -2.45. The zero-order valence-corrected chi connectivity index (χ0v) is 10.1. The van der Waals surface area contributed by atoms with E-state index in [4.69, 9.17) is 5.73 Å². The highest BCUT2D eigenvalue weighted by Gasteiger charge is 2.23. The van der Waals surface area contributed by atoms with Gasteiger partial charge in [0.2, 0.25) is 5.91 Å². The van der Waals surface area contributed by atoms with Crippen LogP contribution >= 0.6 is 0 Å². The van der Waals surface area contributed by atoms with Crippen LogP contribution in [0.4, 0.5) is 0 Å². The molecule has 0 bridgehead atoms. The van der Waals surface area contributed by atoms with Gasteiger partial charge in [-0.25, -0.2) is 0 Å². The van der Waals surface area contributed by atoms with Gasteiger partial charge in [0.1, 0.15) is 0 Å². The standard InChI is InChI=1S/C12H24N2O/c1-8(2)11(13)12(15)14-7-10-5-4-9(3)6-10/h8-11H,4-7,13H2,1-3H3,(H,14,15)/t9?,10?,11-/m1/s1. The van der Waals surface area contributed by atoms with Crippen molar-refractivity contribution in [2.45, 2.75) is 46.1 Å². The van der Waals surface area contributed by atoms with Crippen LogP contribution in [-0.4, -0.2) is 18.5 Å². The maximum Gasteiger partial charge on any atom is 0.237 e. The summed E-state index contributed by atoms with van der Waals surface area (Å²) < 4.78 is 0. The molecule has 0 radical (unpaired) electrons. The zero-order chi connectivity index (χ0) is 11.4. The summed E-state index contributed by atoms with van der Waals surface area (Å²) in [6.45, 7) is 7.04. The van der Waals surface area contributed by atoms with Crippen molar-refractivity contribution in [2.24, 2.45) is 23.5 Å². The predicted molar refractivity (Wildman–Crippen MR) is 62.3 cm³/mol. The molecule has 3 N–H and O–H groups in total. The zero-order valence-electron chi connectivity index (χ0n) is 10.1.